The van der Waals surface area contributed by atoms with Crippen LogP contribution in [0.4, 0.5) is 0 Å². The highest BCUT2D eigenvalue weighted by molar-refractivity contribution is 5.34. The van der Waals surface area contributed by atoms with Gasteiger partial charge in [0.1, 0.15) is 5.76 Å². The number of rotatable bonds is 1. The zero-order chi connectivity index (χ0) is 9.81. The third-order valence-corrected chi connectivity index (χ3v) is 4.01. The second-order valence-corrected chi connectivity index (χ2v) is 4.57. The minimum atomic E-state index is -0.611. The van der Waals surface area contributed by atoms with E-state index >= 15 is 0 Å². The minimum Gasteiger partial charge on any atom is -0.394 e. The van der Waals surface area contributed by atoms with Gasteiger partial charge in [0.2, 0.25) is 0 Å². The summed E-state index contributed by atoms with van der Waals surface area (Å²) in [5.41, 5.74) is 6.74. The molecule has 1 atom stereocenters. The molecule has 0 bridgehead atoms. The highest BCUT2D eigenvalue weighted by Crippen LogP contribution is 2.62. The predicted octanol–water partition coefficient (Wildman–Crippen LogP) is 0.547. The van der Waals surface area contributed by atoms with E-state index in [1.54, 1.807) is 6.20 Å². The Kier molecular flexibility index (Phi) is 1.43. The summed E-state index contributed by atoms with van der Waals surface area (Å²) < 4.78 is 5.13. The predicted molar refractivity (Wildman–Crippen MR) is 49.4 cm³/mol. The van der Waals surface area contributed by atoms with Crippen LogP contribution in [-0.2, 0) is 12.0 Å². The molecule has 14 heavy (non-hydrogen) atoms. The van der Waals surface area contributed by atoms with E-state index in [9.17, 15) is 5.11 Å². The number of hydrogen-bond donors (Lipinski definition) is 2. The standard InChI is InChI=1S/C10H14N2O2/c11-10(6-13)7-5-12-14-8(7)1-2-9(10)3-4-9/h5,13H,1-4,6,11H2. The van der Waals surface area contributed by atoms with Crippen molar-refractivity contribution in [1.82, 2.24) is 5.16 Å². The van der Waals surface area contributed by atoms with E-state index in [0.29, 0.717) is 0 Å². The summed E-state index contributed by atoms with van der Waals surface area (Å²) in [5, 5.41) is 13.3. The van der Waals surface area contributed by atoms with Crippen LogP contribution in [0.5, 0.6) is 0 Å². The molecule has 4 nitrogen and oxygen atoms in total. The third kappa shape index (κ3) is 0.786. The van der Waals surface area contributed by atoms with Crippen molar-refractivity contribution in [3.63, 3.8) is 0 Å². The average Bonchev–Trinajstić information content (AvgIpc) is 2.82. The van der Waals surface area contributed by atoms with Crippen LogP contribution in [0.1, 0.15) is 30.6 Å². The number of aryl methyl sites for hydroxylation is 1. The van der Waals surface area contributed by atoms with Crippen molar-refractivity contribution in [1.29, 1.82) is 0 Å². The number of fused-ring (bicyclic) bond motifs is 1. The highest BCUT2D eigenvalue weighted by Gasteiger charge is 2.60. The Balaban J connectivity index is 2.15. The van der Waals surface area contributed by atoms with Crippen LogP contribution < -0.4 is 5.73 Å². The lowest BCUT2D eigenvalue weighted by Gasteiger charge is -2.39. The molecule has 4 heteroatoms. The number of aliphatic hydroxyl groups excluding tert-OH is 1. The Morgan fingerprint density at radius 3 is 2.93 bits per heavy atom. The fourth-order valence-electron chi connectivity index (χ4n) is 2.77. The maximum absolute atomic E-state index is 9.50. The molecule has 0 saturated heterocycles. The van der Waals surface area contributed by atoms with Crippen LogP contribution in [-0.4, -0.2) is 16.9 Å². The van der Waals surface area contributed by atoms with Gasteiger partial charge in [-0.1, -0.05) is 5.16 Å². The molecule has 1 heterocycles. The molecule has 3 rings (SSSR count). The zero-order valence-electron chi connectivity index (χ0n) is 7.99. The molecule has 2 aliphatic carbocycles. The molecule has 2 aliphatic rings. The number of hydrogen-bond acceptors (Lipinski definition) is 4. The molecule has 76 valence electrons. The van der Waals surface area contributed by atoms with E-state index in [1.165, 1.54) is 0 Å². The first-order chi connectivity index (χ1) is 6.72. The van der Waals surface area contributed by atoms with Crippen LogP contribution in [0.15, 0.2) is 10.7 Å². The fourth-order valence-corrected chi connectivity index (χ4v) is 2.77. The Morgan fingerprint density at radius 2 is 2.29 bits per heavy atom. The molecule has 0 aromatic carbocycles. The summed E-state index contributed by atoms with van der Waals surface area (Å²) in [6.07, 6.45) is 5.84. The fraction of sp³-hybridized carbons (Fsp3) is 0.700. The summed E-state index contributed by atoms with van der Waals surface area (Å²) in [6, 6.07) is 0. The molecule has 1 fully saturated rings. The lowest BCUT2D eigenvalue weighted by molar-refractivity contribution is 0.104. The van der Waals surface area contributed by atoms with Gasteiger partial charge >= 0.3 is 0 Å². The molecular formula is C10H14N2O2. The largest absolute Gasteiger partial charge is 0.394 e. The van der Waals surface area contributed by atoms with Gasteiger partial charge in [-0.3, -0.25) is 0 Å². The van der Waals surface area contributed by atoms with E-state index in [4.69, 9.17) is 10.3 Å². The van der Waals surface area contributed by atoms with Gasteiger partial charge in [0.25, 0.3) is 0 Å². The van der Waals surface area contributed by atoms with Crippen molar-refractivity contribution in [2.24, 2.45) is 11.1 Å². The van der Waals surface area contributed by atoms with Crippen LogP contribution in [0.25, 0.3) is 0 Å². The first-order valence-electron chi connectivity index (χ1n) is 5.06. The highest BCUT2D eigenvalue weighted by atomic mass is 16.5. The lowest BCUT2D eigenvalue weighted by atomic mass is 9.70. The Labute approximate surface area is 82.1 Å². The van der Waals surface area contributed by atoms with Gasteiger partial charge in [-0.2, -0.15) is 0 Å². The molecule has 0 aliphatic heterocycles. The van der Waals surface area contributed by atoms with Crippen LogP contribution >= 0.6 is 0 Å². The van der Waals surface area contributed by atoms with Gasteiger partial charge in [-0.15, -0.1) is 0 Å². The Bertz CT molecular complexity index is 370. The molecular weight excluding hydrogens is 180 g/mol. The van der Waals surface area contributed by atoms with Crippen molar-refractivity contribution >= 4 is 0 Å². The topological polar surface area (TPSA) is 72.3 Å². The molecule has 1 unspecified atom stereocenters. The molecule has 0 amide bonds. The van der Waals surface area contributed by atoms with Gasteiger partial charge in [-0.05, 0) is 24.7 Å². The van der Waals surface area contributed by atoms with Crippen LogP contribution in [0, 0.1) is 5.41 Å². The third-order valence-electron chi connectivity index (χ3n) is 4.01. The number of aromatic nitrogens is 1. The maximum Gasteiger partial charge on any atom is 0.141 e. The lowest BCUT2D eigenvalue weighted by Crippen LogP contribution is -2.51. The minimum absolute atomic E-state index is 0.0127. The van der Waals surface area contributed by atoms with Gasteiger partial charge in [0, 0.05) is 12.0 Å². The summed E-state index contributed by atoms with van der Waals surface area (Å²) in [4.78, 5) is 0. The van der Waals surface area contributed by atoms with Gasteiger partial charge < -0.3 is 15.4 Å². The summed E-state index contributed by atoms with van der Waals surface area (Å²) in [5.74, 6) is 0.860. The first-order valence-corrected chi connectivity index (χ1v) is 5.06. The summed E-state index contributed by atoms with van der Waals surface area (Å²) >= 11 is 0. The first kappa shape index (κ1) is 8.44. The quantitative estimate of drug-likeness (QED) is 0.684. The van der Waals surface area contributed by atoms with E-state index in [1.807, 2.05) is 0 Å². The summed E-state index contributed by atoms with van der Waals surface area (Å²) in [6.45, 7) is -0.0127. The monoisotopic (exact) mass is 194 g/mol. The summed E-state index contributed by atoms with van der Waals surface area (Å²) in [7, 11) is 0. The van der Waals surface area contributed by atoms with Crippen molar-refractivity contribution in [2.45, 2.75) is 31.2 Å². The molecule has 0 radical (unpaired) electrons. The Morgan fingerprint density at radius 1 is 1.50 bits per heavy atom. The molecule has 1 spiro atoms. The second kappa shape index (κ2) is 2.38. The molecule has 1 saturated carbocycles. The zero-order valence-corrected chi connectivity index (χ0v) is 7.99. The number of aliphatic hydroxyl groups is 1. The van der Waals surface area contributed by atoms with Crippen LogP contribution in [0.3, 0.4) is 0 Å². The maximum atomic E-state index is 9.50. The number of nitrogens with two attached hydrogens (primary N) is 1. The molecule has 1 aromatic rings. The van der Waals surface area contributed by atoms with E-state index < -0.39 is 5.54 Å². The van der Waals surface area contributed by atoms with E-state index in [0.717, 1.165) is 37.0 Å². The van der Waals surface area contributed by atoms with Gasteiger partial charge in [-0.25, -0.2) is 0 Å². The van der Waals surface area contributed by atoms with E-state index in [-0.39, 0.29) is 12.0 Å². The SMILES string of the molecule is NC1(CO)c2cnoc2CCC12CC2. The Hall–Kier alpha value is -0.870. The van der Waals surface area contributed by atoms with Crippen molar-refractivity contribution in [3.8, 4) is 0 Å². The van der Waals surface area contributed by atoms with Gasteiger partial charge in [0.05, 0.1) is 18.3 Å². The second-order valence-electron chi connectivity index (χ2n) is 4.57. The number of nitrogens with zero attached hydrogens (tertiary/aromatic N) is 1. The van der Waals surface area contributed by atoms with Crippen molar-refractivity contribution in [2.75, 3.05) is 6.61 Å². The smallest absolute Gasteiger partial charge is 0.141 e. The molecule has 1 aromatic heterocycles. The normalized spacial score (nSPS) is 33.0. The average molecular weight is 194 g/mol. The van der Waals surface area contributed by atoms with Crippen molar-refractivity contribution in [3.05, 3.63) is 17.5 Å². The van der Waals surface area contributed by atoms with Crippen molar-refractivity contribution < 1.29 is 9.63 Å². The van der Waals surface area contributed by atoms with E-state index in [2.05, 4.69) is 5.16 Å². The van der Waals surface area contributed by atoms with Crippen LogP contribution in [0.2, 0.25) is 0 Å². The van der Waals surface area contributed by atoms with Gasteiger partial charge in [0.15, 0.2) is 0 Å². The molecule has 3 N–H and O–H groups in total.